The maximum atomic E-state index is 13.7. The summed E-state index contributed by atoms with van der Waals surface area (Å²) in [6.07, 6.45) is -0.992. The number of carboxylic acids is 1. The zero-order valence-corrected chi connectivity index (χ0v) is 25.0. The minimum atomic E-state index is -0.992. The molecule has 1 aromatic carbocycles. The Labute approximate surface area is 244 Å². The van der Waals surface area contributed by atoms with E-state index in [1.165, 1.54) is 4.90 Å². The number of hydrogen-bond acceptors (Lipinski definition) is 8. The summed E-state index contributed by atoms with van der Waals surface area (Å²) in [7, 11) is 0. The van der Waals surface area contributed by atoms with Crippen molar-refractivity contribution in [3.8, 4) is 10.4 Å². The number of benzene rings is 1. The quantitative estimate of drug-likeness (QED) is 0.276. The molecule has 0 spiro atoms. The molecule has 2 aromatic rings. The number of aliphatic carboxylic acids is 1. The van der Waals surface area contributed by atoms with Crippen LogP contribution in [0.25, 0.3) is 10.4 Å². The van der Waals surface area contributed by atoms with Crippen molar-refractivity contribution < 1.29 is 34.1 Å². The summed E-state index contributed by atoms with van der Waals surface area (Å²) in [5, 5.41) is 24.8. The van der Waals surface area contributed by atoms with E-state index in [2.05, 4.69) is 15.6 Å². The molecule has 12 heteroatoms. The third-order valence-corrected chi connectivity index (χ3v) is 7.97. The van der Waals surface area contributed by atoms with Crippen molar-refractivity contribution in [2.75, 3.05) is 19.8 Å². The summed E-state index contributed by atoms with van der Waals surface area (Å²) < 4.78 is 5.18. The lowest BCUT2D eigenvalue weighted by atomic mass is 9.85. The second-order valence-corrected chi connectivity index (χ2v) is 12.2. The van der Waals surface area contributed by atoms with Crippen molar-refractivity contribution in [2.24, 2.45) is 5.41 Å². The van der Waals surface area contributed by atoms with Crippen LogP contribution in [0.4, 0.5) is 0 Å². The van der Waals surface area contributed by atoms with Gasteiger partial charge in [0.2, 0.25) is 17.7 Å². The molecular formula is C29H40N4O7S. The number of hydrogen-bond donors (Lipinski definition) is 4. The number of aryl methyl sites for hydroxylation is 1. The number of aliphatic hydroxyl groups is 1. The second-order valence-electron chi connectivity index (χ2n) is 11.4. The molecule has 0 aliphatic carbocycles. The molecule has 1 saturated heterocycles. The third-order valence-electron chi connectivity index (χ3n) is 6.99. The standard InChI is InChI=1S/C29H40N4O7S/c1-17(19-6-8-20(9-7-19)25-18(2)30-16-41-25)31-27(38)22-14-21(34)15-33(22)28(39)26(29(3,4)5)32-23(35)10-12-40-13-11-24(36)37/h6-9,16-17,21-22,26,34H,10-15H2,1-5H3,(H,31,38)(H,32,35)(H,36,37)/t17?,21-,22+,26?/m1/s1. The fourth-order valence-corrected chi connectivity index (χ4v) is 5.49. The molecule has 0 saturated carbocycles. The number of thiazole rings is 1. The number of likely N-dealkylation sites (tertiary alicyclic amines) is 1. The van der Waals surface area contributed by atoms with E-state index in [9.17, 15) is 24.3 Å². The number of aliphatic hydroxyl groups excluding tert-OH is 1. The van der Waals surface area contributed by atoms with Crippen LogP contribution in [-0.2, 0) is 23.9 Å². The average molecular weight is 589 g/mol. The lowest BCUT2D eigenvalue weighted by molar-refractivity contribution is -0.144. The van der Waals surface area contributed by atoms with Crippen molar-refractivity contribution >= 4 is 35.0 Å². The number of rotatable bonds is 12. The van der Waals surface area contributed by atoms with Gasteiger partial charge < -0.3 is 30.5 Å². The van der Waals surface area contributed by atoms with Gasteiger partial charge in [-0.2, -0.15) is 0 Å². The summed E-state index contributed by atoms with van der Waals surface area (Å²) in [6.45, 7) is 9.22. The van der Waals surface area contributed by atoms with Crippen LogP contribution in [0.2, 0.25) is 0 Å². The normalized spacial score (nSPS) is 18.5. The van der Waals surface area contributed by atoms with E-state index in [-0.39, 0.29) is 51.0 Å². The summed E-state index contributed by atoms with van der Waals surface area (Å²) >= 11 is 1.57. The number of carbonyl (C=O) groups is 4. The van der Waals surface area contributed by atoms with Crippen molar-refractivity contribution in [2.45, 2.75) is 78.1 Å². The molecule has 224 valence electrons. The summed E-state index contributed by atoms with van der Waals surface area (Å²) in [5.41, 5.74) is 4.02. The zero-order chi connectivity index (χ0) is 30.3. The molecule has 2 heterocycles. The van der Waals surface area contributed by atoms with Gasteiger partial charge in [-0.25, -0.2) is 4.98 Å². The van der Waals surface area contributed by atoms with Gasteiger partial charge in [0.05, 0.1) is 47.9 Å². The van der Waals surface area contributed by atoms with Gasteiger partial charge in [-0.1, -0.05) is 45.0 Å². The first kappa shape index (κ1) is 32.2. The van der Waals surface area contributed by atoms with E-state index in [1.54, 1.807) is 37.6 Å². The summed E-state index contributed by atoms with van der Waals surface area (Å²) in [6, 6.07) is 5.69. The Bertz CT molecular complexity index is 1220. The van der Waals surface area contributed by atoms with Gasteiger partial charge in [0, 0.05) is 19.4 Å². The Morgan fingerprint density at radius 1 is 1.12 bits per heavy atom. The lowest BCUT2D eigenvalue weighted by Gasteiger charge is -2.35. The van der Waals surface area contributed by atoms with Crippen LogP contribution in [0.3, 0.4) is 0 Å². The number of carbonyl (C=O) groups excluding carboxylic acids is 3. The van der Waals surface area contributed by atoms with Crippen molar-refractivity contribution in [3.05, 3.63) is 41.0 Å². The van der Waals surface area contributed by atoms with E-state index in [4.69, 9.17) is 9.84 Å². The zero-order valence-electron chi connectivity index (χ0n) is 24.2. The largest absolute Gasteiger partial charge is 0.481 e. The van der Waals surface area contributed by atoms with Crippen LogP contribution in [0.5, 0.6) is 0 Å². The van der Waals surface area contributed by atoms with Crippen molar-refractivity contribution in [1.29, 1.82) is 0 Å². The molecule has 2 unspecified atom stereocenters. The van der Waals surface area contributed by atoms with Crippen LogP contribution in [-0.4, -0.2) is 81.7 Å². The predicted octanol–water partition coefficient (Wildman–Crippen LogP) is 2.67. The average Bonchev–Trinajstić information content (AvgIpc) is 3.51. The van der Waals surface area contributed by atoms with E-state index >= 15 is 0 Å². The molecule has 0 bridgehead atoms. The highest BCUT2D eigenvalue weighted by Crippen LogP contribution is 2.29. The SMILES string of the molecule is Cc1ncsc1-c1ccc(C(C)NC(=O)[C@@H]2C[C@@H](O)CN2C(=O)C(NC(=O)CCOCCC(=O)O)C(C)(C)C)cc1. The number of carboxylic acid groups (broad SMARTS) is 1. The number of aromatic nitrogens is 1. The van der Waals surface area contributed by atoms with Crippen LogP contribution >= 0.6 is 11.3 Å². The van der Waals surface area contributed by atoms with Crippen LogP contribution in [0.15, 0.2) is 29.8 Å². The van der Waals surface area contributed by atoms with Crippen molar-refractivity contribution in [1.82, 2.24) is 20.5 Å². The minimum absolute atomic E-state index is 0.0128. The Morgan fingerprint density at radius 2 is 1.78 bits per heavy atom. The highest BCUT2D eigenvalue weighted by Gasteiger charge is 2.44. The van der Waals surface area contributed by atoms with Gasteiger partial charge in [-0.15, -0.1) is 11.3 Å². The number of nitrogens with zero attached hydrogens (tertiary/aromatic N) is 2. The Balaban J connectivity index is 1.64. The summed E-state index contributed by atoms with van der Waals surface area (Å²) in [5.74, 6) is -2.25. The lowest BCUT2D eigenvalue weighted by Crippen LogP contribution is -2.58. The molecule has 3 rings (SSSR count). The van der Waals surface area contributed by atoms with Crippen LogP contribution in [0, 0.1) is 12.3 Å². The van der Waals surface area contributed by atoms with Gasteiger partial charge in [0.1, 0.15) is 12.1 Å². The Morgan fingerprint density at radius 3 is 2.37 bits per heavy atom. The highest BCUT2D eigenvalue weighted by atomic mass is 32.1. The second kappa shape index (κ2) is 14.0. The molecule has 11 nitrogen and oxygen atoms in total. The number of amides is 3. The van der Waals surface area contributed by atoms with E-state index < -0.39 is 41.4 Å². The first-order valence-electron chi connectivity index (χ1n) is 13.7. The first-order valence-corrected chi connectivity index (χ1v) is 14.5. The van der Waals surface area contributed by atoms with E-state index in [0.717, 1.165) is 21.7 Å². The Hall–Kier alpha value is -3.35. The molecule has 1 fully saturated rings. The van der Waals surface area contributed by atoms with E-state index in [1.807, 2.05) is 38.1 Å². The van der Waals surface area contributed by atoms with Gasteiger partial charge in [0.15, 0.2) is 0 Å². The fraction of sp³-hybridized carbons (Fsp3) is 0.552. The molecule has 1 aliphatic heterocycles. The van der Waals surface area contributed by atoms with Gasteiger partial charge in [0.25, 0.3) is 0 Å². The van der Waals surface area contributed by atoms with Gasteiger partial charge in [-0.05, 0) is 30.4 Å². The first-order chi connectivity index (χ1) is 19.3. The fourth-order valence-electron chi connectivity index (χ4n) is 4.68. The van der Waals surface area contributed by atoms with Crippen LogP contribution < -0.4 is 10.6 Å². The molecule has 4 atom stereocenters. The van der Waals surface area contributed by atoms with Gasteiger partial charge >= 0.3 is 5.97 Å². The maximum Gasteiger partial charge on any atom is 0.305 e. The number of β-amino-alcohol motifs (C(OH)–C–C–N with tert-alkyl or cyclic N) is 1. The molecule has 3 amide bonds. The Kier molecular flexibility index (Phi) is 11.0. The molecule has 41 heavy (non-hydrogen) atoms. The molecular weight excluding hydrogens is 548 g/mol. The maximum absolute atomic E-state index is 13.7. The van der Waals surface area contributed by atoms with Crippen molar-refractivity contribution in [3.63, 3.8) is 0 Å². The third kappa shape index (κ3) is 8.82. The van der Waals surface area contributed by atoms with Crippen LogP contribution in [0.1, 0.15) is 64.3 Å². The smallest absolute Gasteiger partial charge is 0.305 e. The predicted molar refractivity (Wildman–Crippen MR) is 154 cm³/mol. The number of nitrogens with one attached hydrogen (secondary N) is 2. The molecule has 4 N–H and O–H groups in total. The topological polar surface area (TPSA) is 158 Å². The number of ether oxygens (including phenoxy) is 1. The molecule has 1 aliphatic rings. The van der Waals surface area contributed by atoms with E-state index in [0.29, 0.717) is 0 Å². The molecule has 0 radical (unpaired) electrons. The summed E-state index contributed by atoms with van der Waals surface area (Å²) in [4.78, 5) is 57.0. The monoisotopic (exact) mass is 588 g/mol. The molecule has 1 aromatic heterocycles. The minimum Gasteiger partial charge on any atom is -0.481 e. The van der Waals surface area contributed by atoms with Gasteiger partial charge in [-0.3, -0.25) is 19.2 Å². The highest BCUT2D eigenvalue weighted by molar-refractivity contribution is 7.13.